The molecule has 0 radical (unpaired) electrons. The van der Waals surface area contributed by atoms with Crippen LogP contribution in [-0.4, -0.2) is 17.5 Å². The molecule has 1 aromatic rings. The first-order valence-electron chi connectivity index (χ1n) is 7.73. The standard InChI is InChI=1S/C17H21Cl2N3O2/c1-2-3-4-5-6-13(21-22-17(24)16(20)23)9-7-12-8-10-14(18)15(19)11-12/h7-11H,2-6H2,1H3,(H2,20,23)(H,22,24)/b9-7+,21-13-. The van der Waals surface area contributed by atoms with Crippen molar-refractivity contribution >= 4 is 46.8 Å². The molecule has 0 saturated carbocycles. The van der Waals surface area contributed by atoms with Crippen LogP contribution in [0, 0.1) is 0 Å². The molecule has 0 unspecified atom stereocenters. The number of rotatable bonds is 8. The van der Waals surface area contributed by atoms with Gasteiger partial charge < -0.3 is 5.73 Å². The van der Waals surface area contributed by atoms with Crippen LogP contribution in [0.25, 0.3) is 6.08 Å². The Morgan fingerprint density at radius 2 is 1.96 bits per heavy atom. The van der Waals surface area contributed by atoms with E-state index in [1.807, 2.05) is 12.1 Å². The molecule has 7 heteroatoms. The van der Waals surface area contributed by atoms with Gasteiger partial charge in [-0.2, -0.15) is 5.10 Å². The lowest BCUT2D eigenvalue weighted by atomic mass is 10.1. The van der Waals surface area contributed by atoms with Gasteiger partial charge in [-0.05, 0) is 36.6 Å². The second-order valence-corrected chi connectivity index (χ2v) is 6.04. The van der Waals surface area contributed by atoms with E-state index in [1.165, 1.54) is 0 Å². The molecule has 0 saturated heterocycles. The van der Waals surface area contributed by atoms with Gasteiger partial charge in [-0.15, -0.1) is 0 Å². The highest BCUT2D eigenvalue weighted by Gasteiger charge is 2.07. The highest BCUT2D eigenvalue weighted by molar-refractivity contribution is 6.42. The molecule has 0 aliphatic carbocycles. The fourth-order valence-electron chi connectivity index (χ4n) is 1.90. The summed E-state index contributed by atoms with van der Waals surface area (Å²) in [5.74, 6) is -2.01. The van der Waals surface area contributed by atoms with Crippen LogP contribution in [0.3, 0.4) is 0 Å². The monoisotopic (exact) mass is 369 g/mol. The van der Waals surface area contributed by atoms with E-state index in [2.05, 4.69) is 17.5 Å². The van der Waals surface area contributed by atoms with Crippen molar-refractivity contribution in [3.05, 3.63) is 39.9 Å². The van der Waals surface area contributed by atoms with Gasteiger partial charge in [-0.25, -0.2) is 5.43 Å². The predicted molar refractivity (Wildman–Crippen MR) is 99.0 cm³/mol. The van der Waals surface area contributed by atoms with Crippen LogP contribution in [0.5, 0.6) is 0 Å². The molecule has 5 nitrogen and oxygen atoms in total. The Morgan fingerprint density at radius 1 is 1.21 bits per heavy atom. The molecule has 130 valence electrons. The van der Waals surface area contributed by atoms with Crippen molar-refractivity contribution in [2.75, 3.05) is 0 Å². The molecule has 0 bridgehead atoms. The van der Waals surface area contributed by atoms with Crippen molar-refractivity contribution in [1.29, 1.82) is 0 Å². The number of primary amides is 1. The zero-order valence-corrected chi connectivity index (χ0v) is 15.0. The number of carbonyl (C=O) groups excluding carboxylic acids is 2. The SMILES string of the molecule is CCCCCCC(/C=C/c1ccc(Cl)c(Cl)c1)=N/NC(=O)C(N)=O. The van der Waals surface area contributed by atoms with Gasteiger partial charge in [-0.3, -0.25) is 9.59 Å². The number of unbranched alkanes of at least 4 members (excludes halogenated alkanes) is 3. The zero-order valence-electron chi connectivity index (χ0n) is 13.5. The first-order chi connectivity index (χ1) is 11.4. The molecule has 0 spiro atoms. The molecule has 2 amide bonds. The molecule has 0 aliphatic heterocycles. The van der Waals surface area contributed by atoms with Gasteiger partial charge in [0.15, 0.2) is 0 Å². The molecule has 3 N–H and O–H groups in total. The summed E-state index contributed by atoms with van der Waals surface area (Å²) in [5.41, 5.74) is 8.55. The van der Waals surface area contributed by atoms with Crippen molar-refractivity contribution < 1.29 is 9.59 Å². The zero-order chi connectivity index (χ0) is 17.9. The topological polar surface area (TPSA) is 84.6 Å². The Kier molecular flexibility index (Phi) is 9.12. The highest BCUT2D eigenvalue weighted by atomic mass is 35.5. The summed E-state index contributed by atoms with van der Waals surface area (Å²) in [6.07, 6.45) is 8.53. The summed E-state index contributed by atoms with van der Waals surface area (Å²) < 4.78 is 0. The fraction of sp³-hybridized carbons (Fsp3) is 0.353. The highest BCUT2D eigenvalue weighted by Crippen LogP contribution is 2.23. The van der Waals surface area contributed by atoms with Gasteiger partial charge in [0, 0.05) is 0 Å². The maximum Gasteiger partial charge on any atom is 0.329 e. The number of hydrogen-bond donors (Lipinski definition) is 2. The van der Waals surface area contributed by atoms with Crippen LogP contribution < -0.4 is 11.2 Å². The number of nitrogens with two attached hydrogens (primary N) is 1. The van der Waals surface area contributed by atoms with E-state index in [0.717, 1.165) is 31.2 Å². The fourth-order valence-corrected chi connectivity index (χ4v) is 2.20. The van der Waals surface area contributed by atoms with E-state index < -0.39 is 11.8 Å². The van der Waals surface area contributed by atoms with E-state index in [1.54, 1.807) is 18.2 Å². The first kappa shape index (κ1) is 20.2. The second kappa shape index (κ2) is 10.8. The summed E-state index contributed by atoms with van der Waals surface area (Å²) >= 11 is 11.9. The van der Waals surface area contributed by atoms with Crippen molar-refractivity contribution in [3.8, 4) is 0 Å². The summed E-state index contributed by atoms with van der Waals surface area (Å²) in [5, 5.41) is 4.91. The summed E-state index contributed by atoms with van der Waals surface area (Å²) in [4.78, 5) is 22.0. The molecular formula is C17H21Cl2N3O2. The molecule has 0 heterocycles. The van der Waals surface area contributed by atoms with Crippen molar-refractivity contribution in [1.82, 2.24) is 5.43 Å². The minimum Gasteiger partial charge on any atom is -0.361 e. The van der Waals surface area contributed by atoms with Crippen molar-refractivity contribution in [2.45, 2.75) is 39.0 Å². The Balaban J connectivity index is 2.80. The Labute approximate surface area is 151 Å². The minimum absolute atomic E-state index is 0.460. The number of hydrazone groups is 1. The van der Waals surface area contributed by atoms with E-state index in [-0.39, 0.29) is 0 Å². The van der Waals surface area contributed by atoms with Gasteiger partial charge in [0.05, 0.1) is 15.8 Å². The smallest absolute Gasteiger partial charge is 0.329 e. The first-order valence-corrected chi connectivity index (χ1v) is 8.49. The van der Waals surface area contributed by atoms with Crippen molar-refractivity contribution in [3.63, 3.8) is 0 Å². The number of benzene rings is 1. The van der Waals surface area contributed by atoms with Gasteiger partial charge in [0.1, 0.15) is 0 Å². The van der Waals surface area contributed by atoms with E-state index in [4.69, 9.17) is 28.9 Å². The molecule has 0 aliphatic rings. The maximum atomic E-state index is 11.2. The maximum absolute atomic E-state index is 11.2. The number of allylic oxidation sites excluding steroid dienone is 1. The molecule has 0 aromatic heterocycles. The predicted octanol–water partition coefficient (Wildman–Crippen LogP) is 3.93. The molecule has 1 aromatic carbocycles. The minimum atomic E-state index is -1.07. The van der Waals surface area contributed by atoms with Crippen molar-refractivity contribution in [2.24, 2.45) is 10.8 Å². The normalized spacial score (nSPS) is 11.7. The third-order valence-corrected chi connectivity index (χ3v) is 3.96. The summed E-state index contributed by atoms with van der Waals surface area (Å²) in [6, 6.07) is 5.26. The van der Waals surface area contributed by atoms with Crippen LogP contribution in [0.1, 0.15) is 44.6 Å². The lowest BCUT2D eigenvalue weighted by molar-refractivity contribution is -0.137. The third-order valence-electron chi connectivity index (χ3n) is 3.22. The largest absolute Gasteiger partial charge is 0.361 e. The number of amides is 2. The quantitative estimate of drug-likeness (QED) is 0.314. The summed E-state index contributed by atoms with van der Waals surface area (Å²) in [6.45, 7) is 2.13. The number of hydrogen-bond acceptors (Lipinski definition) is 3. The third kappa shape index (κ3) is 7.62. The van der Waals surface area contributed by atoms with Crippen LogP contribution in [0.4, 0.5) is 0 Å². The van der Waals surface area contributed by atoms with Gasteiger partial charge in [0.2, 0.25) is 0 Å². The molecule has 1 rings (SSSR count). The number of nitrogens with one attached hydrogen (secondary N) is 1. The van der Waals surface area contributed by atoms with Crippen LogP contribution in [0.15, 0.2) is 29.4 Å². The van der Waals surface area contributed by atoms with E-state index in [9.17, 15) is 9.59 Å². The Bertz CT molecular complexity index is 643. The van der Waals surface area contributed by atoms with Crippen LogP contribution in [0.2, 0.25) is 10.0 Å². The summed E-state index contributed by atoms with van der Waals surface area (Å²) in [7, 11) is 0. The van der Waals surface area contributed by atoms with Crippen LogP contribution >= 0.6 is 23.2 Å². The van der Waals surface area contributed by atoms with Crippen LogP contribution in [-0.2, 0) is 9.59 Å². The number of halogens is 2. The molecular weight excluding hydrogens is 349 g/mol. The Hall–Kier alpha value is -1.85. The lowest BCUT2D eigenvalue weighted by Gasteiger charge is -2.03. The average Bonchev–Trinajstić information content (AvgIpc) is 2.55. The van der Waals surface area contributed by atoms with E-state index >= 15 is 0 Å². The molecule has 24 heavy (non-hydrogen) atoms. The van der Waals surface area contributed by atoms with Gasteiger partial charge in [0.25, 0.3) is 0 Å². The van der Waals surface area contributed by atoms with Gasteiger partial charge >= 0.3 is 11.8 Å². The second-order valence-electron chi connectivity index (χ2n) is 5.23. The van der Waals surface area contributed by atoms with Gasteiger partial charge in [-0.1, -0.05) is 61.5 Å². The number of carbonyl (C=O) groups is 2. The average molecular weight is 370 g/mol. The molecule has 0 atom stereocenters. The Morgan fingerprint density at radius 3 is 2.58 bits per heavy atom. The van der Waals surface area contributed by atoms with E-state index in [0.29, 0.717) is 22.2 Å². The molecule has 0 fully saturated rings. The number of nitrogens with zero attached hydrogens (tertiary/aromatic N) is 1. The lowest BCUT2D eigenvalue weighted by Crippen LogP contribution is -2.33.